The first-order valence-corrected chi connectivity index (χ1v) is 5.99. The molecule has 0 aromatic carbocycles. The summed E-state index contributed by atoms with van der Waals surface area (Å²) >= 11 is 1.02. The number of carbonyl (C=O) groups excluding carboxylic acids is 2. The summed E-state index contributed by atoms with van der Waals surface area (Å²) in [6, 6.07) is -1.49. The summed E-state index contributed by atoms with van der Waals surface area (Å²) in [5.74, 6) is -1.13. The van der Waals surface area contributed by atoms with Crippen LogP contribution in [0.5, 0.6) is 0 Å². The van der Waals surface area contributed by atoms with E-state index in [0.717, 1.165) is 11.8 Å². The molecule has 16 heavy (non-hydrogen) atoms. The van der Waals surface area contributed by atoms with E-state index >= 15 is 0 Å². The van der Waals surface area contributed by atoms with Gasteiger partial charge in [-0.25, -0.2) is 4.79 Å². The summed E-state index contributed by atoms with van der Waals surface area (Å²) in [7, 11) is 0. The Bertz CT molecular complexity index is 308. The number of aliphatic carboxylic acids is 1. The maximum Gasteiger partial charge on any atom is 0.326 e. The van der Waals surface area contributed by atoms with E-state index in [2.05, 4.69) is 10.6 Å². The summed E-state index contributed by atoms with van der Waals surface area (Å²) in [6.07, 6.45) is 1.05. The summed E-state index contributed by atoms with van der Waals surface area (Å²) in [4.78, 5) is 33.2. The maximum absolute atomic E-state index is 11.6. The van der Waals surface area contributed by atoms with E-state index in [1.807, 2.05) is 6.92 Å². The smallest absolute Gasteiger partial charge is 0.326 e. The number of hydrogen-bond acceptors (Lipinski definition) is 4. The van der Waals surface area contributed by atoms with Crippen LogP contribution in [-0.2, 0) is 9.59 Å². The number of nitrogens with one attached hydrogen (secondary N) is 2. The van der Waals surface area contributed by atoms with Gasteiger partial charge in [-0.3, -0.25) is 9.59 Å². The quantitative estimate of drug-likeness (QED) is 0.643. The van der Waals surface area contributed by atoms with Gasteiger partial charge in [-0.05, 0) is 6.42 Å². The van der Waals surface area contributed by atoms with Crippen LogP contribution in [0.15, 0.2) is 0 Å². The van der Waals surface area contributed by atoms with Gasteiger partial charge in [0.05, 0.1) is 0 Å². The zero-order valence-corrected chi connectivity index (χ0v) is 9.67. The number of carboxylic acids is 1. The van der Waals surface area contributed by atoms with Crippen LogP contribution in [0.1, 0.15) is 19.8 Å². The van der Waals surface area contributed by atoms with Crippen LogP contribution in [0.4, 0.5) is 4.79 Å². The molecule has 90 valence electrons. The van der Waals surface area contributed by atoms with Gasteiger partial charge in [-0.2, -0.15) is 0 Å². The predicted molar refractivity (Wildman–Crippen MR) is 59.3 cm³/mol. The zero-order valence-electron chi connectivity index (χ0n) is 8.86. The molecule has 1 unspecified atom stereocenters. The number of carboxylic acid groups (broad SMARTS) is 1. The average molecular weight is 246 g/mol. The van der Waals surface area contributed by atoms with E-state index in [4.69, 9.17) is 5.11 Å². The van der Waals surface area contributed by atoms with E-state index in [0.29, 0.717) is 18.6 Å². The fourth-order valence-electron chi connectivity index (χ4n) is 1.34. The summed E-state index contributed by atoms with van der Waals surface area (Å²) in [5, 5.41) is 13.5. The Kier molecular flexibility index (Phi) is 4.60. The molecule has 1 heterocycles. The highest BCUT2D eigenvalue weighted by atomic mass is 32.2. The van der Waals surface area contributed by atoms with Gasteiger partial charge in [-0.15, -0.1) is 0 Å². The molecule has 6 nitrogen and oxygen atoms in total. The fraction of sp³-hybridized carbons (Fsp3) is 0.667. The topological polar surface area (TPSA) is 95.5 Å². The average Bonchev–Trinajstić information content (AvgIpc) is 2.64. The third-order valence-corrected chi connectivity index (χ3v) is 3.06. The first-order valence-electron chi connectivity index (χ1n) is 5.01. The number of hydrogen-bond donors (Lipinski definition) is 3. The molecule has 0 saturated carbocycles. The van der Waals surface area contributed by atoms with Crippen LogP contribution < -0.4 is 10.6 Å². The first kappa shape index (κ1) is 12.8. The van der Waals surface area contributed by atoms with Crippen LogP contribution in [0.25, 0.3) is 0 Å². The van der Waals surface area contributed by atoms with Crippen molar-refractivity contribution in [3.05, 3.63) is 0 Å². The van der Waals surface area contributed by atoms with Crippen LogP contribution in [0.3, 0.4) is 0 Å². The van der Waals surface area contributed by atoms with Gasteiger partial charge < -0.3 is 15.7 Å². The zero-order chi connectivity index (χ0) is 12.1. The van der Waals surface area contributed by atoms with Crippen molar-refractivity contribution in [1.82, 2.24) is 10.6 Å². The van der Waals surface area contributed by atoms with Crippen molar-refractivity contribution in [1.29, 1.82) is 0 Å². The Labute approximate surface area is 97.2 Å². The predicted octanol–water partition coefficient (Wildman–Crippen LogP) is 0.181. The Morgan fingerprint density at radius 1 is 1.69 bits per heavy atom. The highest BCUT2D eigenvalue weighted by Crippen LogP contribution is 2.13. The number of thioether (sulfide) groups is 1. The number of carbonyl (C=O) groups is 3. The van der Waals surface area contributed by atoms with Crippen molar-refractivity contribution < 1.29 is 19.5 Å². The minimum absolute atomic E-state index is 0.248. The molecule has 0 aromatic heterocycles. The molecule has 1 fully saturated rings. The lowest BCUT2D eigenvalue weighted by molar-refractivity contribution is -0.142. The summed E-state index contributed by atoms with van der Waals surface area (Å²) < 4.78 is 0. The van der Waals surface area contributed by atoms with Crippen molar-refractivity contribution in [2.24, 2.45) is 0 Å². The van der Waals surface area contributed by atoms with Crippen molar-refractivity contribution in [2.45, 2.75) is 31.8 Å². The SMILES string of the molecule is CCC[C@H](NC(=O)C1CSC(=O)N1)C(=O)O. The largest absolute Gasteiger partial charge is 0.480 e. The molecule has 0 bridgehead atoms. The van der Waals surface area contributed by atoms with Gasteiger partial charge >= 0.3 is 5.97 Å². The second-order valence-electron chi connectivity index (χ2n) is 3.48. The molecule has 0 aromatic rings. The number of rotatable bonds is 5. The first-order chi connectivity index (χ1) is 7.54. The third-order valence-electron chi connectivity index (χ3n) is 2.18. The van der Waals surface area contributed by atoms with Gasteiger partial charge in [0, 0.05) is 5.75 Å². The van der Waals surface area contributed by atoms with Crippen LogP contribution >= 0.6 is 11.8 Å². The van der Waals surface area contributed by atoms with Gasteiger partial charge in [0.1, 0.15) is 12.1 Å². The molecule has 0 radical (unpaired) electrons. The maximum atomic E-state index is 11.6. The Balaban J connectivity index is 2.48. The van der Waals surface area contributed by atoms with Gasteiger partial charge in [-0.1, -0.05) is 25.1 Å². The molecule has 2 atom stereocenters. The summed E-state index contributed by atoms with van der Waals surface area (Å²) in [5.41, 5.74) is 0. The van der Waals surface area contributed by atoms with E-state index in [-0.39, 0.29) is 5.24 Å². The normalized spacial score (nSPS) is 21.3. The number of amides is 2. The highest BCUT2D eigenvalue weighted by molar-refractivity contribution is 8.14. The standard InChI is InChI=1S/C9H14N2O4S/c1-2-3-5(8(13)14)10-7(12)6-4-16-9(15)11-6/h5-6H,2-4H2,1H3,(H,10,12)(H,11,15)(H,13,14)/t5-,6?/m0/s1. The van der Waals surface area contributed by atoms with Crippen molar-refractivity contribution in [2.75, 3.05) is 5.75 Å². The fourth-order valence-corrected chi connectivity index (χ4v) is 2.12. The Hall–Kier alpha value is -1.24. The molecule has 1 aliphatic rings. The van der Waals surface area contributed by atoms with E-state index in [9.17, 15) is 14.4 Å². The second kappa shape index (κ2) is 5.74. The highest BCUT2D eigenvalue weighted by Gasteiger charge is 2.30. The molecule has 2 amide bonds. The van der Waals surface area contributed by atoms with E-state index < -0.39 is 24.0 Å². The Morgan fingerprint density at radius 3 is 2.81 bits per heavy atom. The minimum atomic E-state index is -1.05. The molecule has 1 saturated heterocycles. The lowest BCUT2D eigenvalue weighted by atomic mass is 10.1. The van der Waals surface area contributed by atoms with Crippen molar-refractivity contribution in [3.63, 3.8) is 0 Å². The van der Waals surface area contributed by atoms with Gasteiger partial charge in [0.25, 0.3) is 5.24 Å². The van der Waals surface area contributed by atoms with Crippen LogP contribution in [0.2, 0.25) is 0 Å². The van der Waals surface area contributed by atoms with Gasteiger partial charge in [0.2, 0.25) is 5.91 Å². The third kappa shape index (κ3) is 3.41. The van der Waals surface area contributed by atoms with Crippen LogP contribution in [0, 0.1) is 0 Å². The lowest BCUT2D eigenvalue weighted by Gasteiger charge is -2.16. The van der Waals surface area contributed by atoms with Crippen molar-refractivity contribution in [3.8, 4) is 0 Å². The molecule has 3 N–H and O–H groups in total. The monoisotopic (exact) mass is 246 g/mol. The minimum Gasteiger partial charge on any atom is -0.480 e. The molecular weight excluding hydrogens is 232 g/mol. The molecule has 0 aliphatic carbocycles. The lowest BCUT2D eigenvalue weighted by Crippen LogP contribution is -2.49. The molecule has 1 rings (SSSR count). The van der Waals surface area contributed by atoms with Crippen LogP contribution in [-0.4, -0.2) is 40.1 Å². The van der Waals surface area contributed by atoms with Crippen molar-refractivity contribution >= 4 is 28.9 Å². The summed E-state index contributed by atoms with van der Waals surface area (Å²) in [6.45, 7) is 1.84. The molecule has 0 spiro atoms. The van der Waals surface area contributed by atoms with E-state index in [1.54, 1.807) is 0 Å². The molecule has 7 heteroatoms. The Morgan fingerprint density at radius 2 is 2.38 bits per heavy atom. The molecule has 1 aliphatic heterocycles. The van der Waals surface area contributed by atoms with Gasteiger partial charge in [0.15, 0.2) is 0 Å². The second-order valence-corrected chi connectivity index (χ2v) is 4.48. The molecular formula is C9H14N2O4S. The van der Waals surface area contributed by atoms with E-state index in [1.165, 1.54) is 0 Å².